The van der Waals surface area contributed by atoms with Gasteiger partial charge in [0.15, 0.2) is 5.65 Å². The number of allylic oxidation sites excluding steroid dienone is 2. The average molecular weight is 321 g/mol. The number of nitrogens with zero attached hydrogens (tertiary/aromatic N) is 3. The highest BCUT2D eigenvalue weighted by molar-refractivity contribution is 9.10. The lowest BCUT2D eigenvalue weighted by molar-refractivity contribution is 0.542. The lowest BCUT2D eigenvalue weighted by atomic mass is 9.93. The molecule has 2 aromatic rings. The summed E-state index contributed by atoms with van der Waals surface area (Å²) in [5.74, 6) is 1.62. The van der Waals surface area contributed by atoms with Crippen LogP contribution in [0.15, 0.2) is 28.9 Å². The minimum absolute atomic E-state index is 0.490. The Bertz CT molecular complexity index is 617. The van der Waals surface area contributed by atoms with Crippen LogP contribution in [0.4, 0.5) is 0 Å². The monoisotopic (exact) mass is 320 g/mol. The molecule has 4 nitrogen and oxygen atoms in total. The van der Waals surface area contributed by atoms with Gasteiger partial charge in [-0.15, -0.1) is 0 Å². The van der Waals surface area contributed by atoms with Crippen LogP contribution in [-0.2, 0) is 6.54 Å². The highest BCUT2D eigenvalue weighted by Crippen LogP contribution is 2.31. The number of nitrogens with two attached hydrogens (primary N) is 1. The van der Waals surface area contributed by atoms with E-state index in [0.29, 0.717) is 12.5 Å². The fraction of sp³-hybridized carbons (Fsp3) is 0.429. The number of fused-ring (bicyclic) bond motifs is 1. The second-order valence-electron chi connectivity index (χ2n) is 4.89. The van der Waals surface area contributed by atoms with Crippen LogP contribution in [0, 0.1) is 0 Å². The van der Waals surface area contributed by atoms with E-state index in [1.165, 1.54) is 0 Å². The Balaban J connectivity index is 2.10. The third-order valence-corrected chi connectivity index (χ3v) is 4.00. The summed E-state index contributed by atoms with van der Waals surface area (Å²) in [5, 5.41) is 0. The van der Waals surface area contributed by atoms with Gasteiger partial charge in [-0.25, -0.2) is 9.97 Å². The molecule has 2 N–H and O–H groups in total. The van der Waals surface area contributed by atoms with Gasteiger partial charge < -0.3 is 10.3 Å². The Morgan fingerprint density at radius 2 is 2.32 bits per heavy atom. The molecular weight excluding hydrogens is 304 g/mol. The third-order valence-electron chi connectivity index (χ3n) is 3.57. The summed E-state index contributed by atoms with van der Waals surface area (Å²) in [4.78, 5) is 9.29. The highest BCUT2D eigenvalue weighted by atomic mass is 79.9. The van der Waals surface area contributed by atoms with Crippen LogP contribution in [0.5, 0.6) is 0 Å². The van der Waals surface area contributed by atoms with E-state index in [-0.39, 0.29) is 0 Å². The highest BCUT2D eigenvalue weighted by Gasteiger charge is 2.21. The van der Waals surface area contributed by atoms with E-state index in [1.54, 1.807) is 0 Å². The lowest BCUT2D eigenvalue weighted by Crippen LogP contribution is -2.16. The topological polar surface area (TPSA) is 56.7 Å². The summed E-state index contributed by atoms with van der Waals surface area (Å²) in [5.41, 5.74) is 7.63. The SMILES string of the molecule is NCCn1c(C2CC=CCC2)nc2cc(Br)cnc21. The number of pyridine rings is 1. The number of halogens is 1. The molecule has 0 bridgehead atoms. The standard InChI is InChI=1S/C14H17BrN4/c15-11-8-12-14(17-9-11)19(7-6-16)13(18-12)10-4-2-1-3-5-10/h1-2,8-10H,3-7,16H2. The predicted octanol–water partition coefficient (Wildman–Crippen LogP) is 2.98. The van der Waals surface area contributed by atoms with E-state index in [2.05, 4.69) is 37.6 Å². The summed E-state index contributed by atoms with van der Waals surface area (Å²) < 4.78 is 3.15. The summed E-state index contributed by atoms with van der Waals surface area (Å²) in [6.07, 6.45) is 9.68. The molecule has 19 heavy (non-hydrogen) atoms. The van der Waals surface area contributed by atoms with Gasteiger partial charge in [0.1, 0.15) is 11.3 Å². The number of aromatic nitrogens is 3. The van der Waals surface area contributed by atoms with Crippen LogP contribution in [0.2, 0.25) is 0 Å². The van der Waals surface area contributed by atoms with Crippen molar-refractivity contribution in [1.82, 2.24) is 14.5 Å². The van der Waals surface area contributed by atoms with Gasteiger partial charge >= 0.3 is 0 Å². The smallest absolute Gasteiger partial charge is 0.160 e. The summed E-state index contributed by atoms with van der Waals surface area (Å²) in [7, 11) is 0. The van der Waals surface area contributed by atoms with Crippen molar-refractivity contribution in [3.8, 4) is 0 Å². The maximum Gasteiger partial charge on any atom is 0.160 e. The molecule has 0 amide bonds. The van der Waals surface area contributed by atoms with Gasteiger partial charge in [-0.3, -0.25) is 0 Å². The molecule has 1 unspecified atom stereocenters. The number of imidazole rings is 1. The predicted molar refractivity (Wildman–Crippen MR) is 80.0 cm³/mol. The molecule has 2 aromatic heterocycles. The zero-order valence-corrected chi connectivity index (χ0v) is 12.3. The third kappa shape index (κ3) is 2.44. The van der Waals surface area contributed by atoms with Crippen molar-refractivity contribution in [1.29, 1.82) is 0 Å². The Morgan fingerprint density at radius 3 is 3.05 bits per heavy atom. The Morgan fingerprint density at radius 1 is 1.42 bits per heavy atom. The number of hydrogen-bond acceptors (Lipinski definition) is 3. The molecule has 1 aliphatic rings. The molecule has 0 radical (unpaired) electrons. The molecule has 0 aromatic carbocycles. The van der Waals surface area contributed by atoms with Crippen molar-refractivity contribution >= 4 is 27.1 Å². The second-order valence-corrected chi connectivity index (χ2v) is 5.80. The van der Waals surface area contributed by atoms with Crippen LogP contribution < -0.4 is 5.73 Å². The van der Waals surface area contributed by atoms with Crippen molar-refractivity contribution < 1.29 is 0 Å². The summed E-state index contributed by atoms with van der Waals surface area (Å²) >= 11 is 3.45. The Hall–Kier alpha value is -1.20. The van der Waals surface area contributed by atoms with Gasteiger partial charge in [0, 0.05) is 29.7 Å². The van der Waals surface area contributed by atoms with E-state index in [4.69, 9.17) is 10.7 Å². The molecule has 5 heteroatoms. The van der Waals surface area contributed by atoms with Crippen LogP contribution >= 0.6 is 15.9 Å². The van der Waals surface area contributed by atoms with Crippen LogP contribution in [0.25, 0.3) is 11.2 Å². The van der Waals surface area contributed by atoms with Gasteiger partial charge in [0.25, 0.3) is 0 Å². The maximum absolute atomic E-state index is 5.74. The van der Waals surface area contributed by atoms with Gasteiger partial charge in [-0.05, 0) is 41.3 Å². The van der Waals surface area contributed by atoms with Gasteiger partial charge in [0.2, 0.25) is 0 Å². The molecule has 3 rings (SSSR count). The normalized spacial score (nSPS) is 19.2. The van der Waals surface area contributed by atoms with Crippen molar-refractivity contribution in [3.63, 3.8) is 0 Å². The largest absolute Gasteiger partial charge is 0.329 e. The molecule has 2 heterocycles. The fourth-order valence-corrected chi connectivity index (χ4v) is 3.01. The first kappa shape index (κ1) is 12.8. The molecular formula is C14H17BrN4. The first-order valence-corrected chi connectivity index (χ1v) is 7.45. The zero-order valence-electron chi connectivity index (χ0n) is 10.7. The quantitative estimate of drug-likeness (QED) is 0.884. The molecule has 0 aliphatic heterocycles. The zero-order chi connectivity index (χ0) is 13.2. The summed E-state index contributed by atoms with van der Waals surface area (Å²) in [6.45, 7) is 1.39. The molecule has 0 saturated heterocycles. The van der Waals surface area contributed by atoms with Crippen molar-refractivity contribution in [2.45, 2.75) is 31.7 Å². The molecule has 100 valence electrons. The first-order chi connectivity index (χ1) is 9.29. The van der Waals surface area contributed by atoms with E-state index >= 15 is 0 Å². The van der Waals surface area contributed by atoms with Gasteiger partial charge in [0.05, 0.1) is 0 Å². The van der Waals surface area contributed by atoms with Crippen LogP contribution in [0.3, 0.4) is 0 Å². The lowest BCUT2D eigenvalue weighted by Gasteiger charge is -2.18. The molecule has 0 fully saturated rings. The van der Waals surface area contributed by atoms with Crippen LogP contribution in [0.1, 0.15) is 31.0 Å². The van der Waals surface area contributed by atoms with Gasteiger partial charge in [-0.2, -0.15) is 0 Å². The molecule has 0 saturated carbocycles. The molecule has 0 spiro atoms. The van der Waals surface area contributed by atoms with E-state index in [1.807, 2.05) is 12.3 Å². The fourth-order valence-electron chi connectivity index (χ4n) is 2.69. The number of hydrogen-bond donors (Lipinski definition) is 1. The second kappa shape index (κ2) is 5.43. The van der Waals surface area contributed by atoms with Crippen molar-refractivity contribution in [2.75, 3.05) is 6.54 Å². The van der Waals surface area contributed by atoms with Crippen molar-refractivity contribution in [2.24, 2.45) is 5.73 Å². The van der Waals surface area contributed by atoms with Crippen molar-refractivity contribution in [3.05, 3.63) is 34.7 Å². The molecule has 1 aliphatic carbocycles. The summed E-state index contributed by atoms with van der Waals surface area (Å²) in [6, 6.07) is 2.03. The number of rotatable bonds is 3. The van der Waals surface area contributed by atoms with Gasteiger partial charge in [-0.1, -0.05) is 12.2 Å². The van der Waals surface area contributed by atoms with E-state index in [9.17, 15) is 0 Å². The van der Waals surface area contributed by atoms with E-state index < -0.39 is 0 Å². The van der Waals surface area contributed by atoms with E-state index in [0.717, 1.165) is 47.3 Å². The molecule has 1 atom stereocenters. The Kier molecular flexibility index (Phi) is 3.66. The average Bonchev–Trinajstić information content (AvgIpc) is 2.78. The Labute approximate surface area is 120 Å². The minimum atomic E-state index is 0.490. The maximum atomic E-state index is 5.74. The van der Waals surface area contributed by atoms with Crippen LogP contribution in [-0.4, -0.2) is 21.1 Å². The first-order valence-electron chi connectivity index (χ1n) is 6.66. The minimum Gasteiger partial charge on any atom is -0.329 e.